The lowest BCUT2D eigenvalue weighted by molar-refractivity contribution is 0.370. The Hall–Kier alpha value is -3.92. The van der Waals surface area contributed by atoms with E-state index >= 15 is 0 Å². The molecule has 0 unspecified atom stereocenters. The summed E-state index contributed by atoms with van der Waals surface area (Å²) >= 11 is 3.62. The van der Waals surface area contributed by atoms with E-state index in [9.17, 15) is 0 Å². The first-order valence-corrected chi connectivity index (χ1v) is 16.8. The Morgan fingerprint density at radius 1 is 1.12 bits per heavy atom. The van der Waals surface area contributed by atoms with Crippen LogP contribution in [0, 0.1) is 5.41 Å². The smallest absolute Gasteiger partial charge is 0.229 e. The van der Waals surface area contributed by atoms with Gasteiger partial charge in [0.25, 0.3) is 0 Å². The topological polar surface area (TPSA) is 124 Å². The zero-order valence-corrected chi connectivity index (χ0v) is 27.3. The van der Waals surface area contributed by atoms with Crippen molar-refractivity contribution in [1.29, 1.82) is 5.41 Å². The Bertz CT molecular complexity index is 1720. The molecule has 0 fully saturated rings. The Morgan fingerprint density at radius 2 is 1.93 bits per heavy atom. The first-order chi connectivity index (χ1) is 20.8. The molecule has 0 atom stereocenters. The van der Waals surface area contributed by atoms with Gasteiger partial charge in [-0.05, 0) is 83.7 Å². The molecule has 0 radical (unpaired) electrons. The van der Waals surface area contributed by atoms with Crippen LogP contribution in [0.3, 0.4) is 0 Å². The van der Waals surface area contributed by atoms with E-state index < -0.39 is 7.92 Å². The fraction of sp³-hybridized carbons (Fsp3) is 0.258. The first-order valence-electron chi connectivity index (χ1n) is 13.8. The number of benzene rings is 2. The van der Waals surface area contributed by atoms with Gasteiger partial charge in [0.1, 0.15) is 11.6 Å². The number of fused-ring (bicyclic) bond motifs is 1. The minimum atomic E-state index is -0.494. The zero-order valence-electron chi connectivity index (χ0n) is 24.9. The molecule has 0 amide bonds. The molecule has 0 saturated heterocycles. The number of nitrogens with zero attached hydrogens (tertiary/aromatic N) is 5. The van der Waals surface area contributed by atoms with Crippen LogP contribution in [-0.2, 0) is 0 Å². The number of methoxy groups -OCH3 is 1. The van der Waals surface area contributed by atoms with Crippen LogP contribution in [-0.4, -0.2) is 78.7 Å². The molecule has 0 aliphatic carbocycles. The summed E-state index contributed by atoms with van der Waals surface area (Å²) in [5.74, 6) is 1.67. The van der Waals surface area contributed by atoms with Crippen molar-refractivity contribution in [3.63, 3.8) is 0 Å². The van der Waals surface area contributed by atoms with Crippen LogP contribution >= 0.6 is 23.9 Å². The summed E-state index contributed by atoms with van der Waals surface area (Å²) in [5.41, 5.74) is 7.32. The molecular weight excluding hydrogens is 625 g/mol. The minimum absolute atomic E-state index is 0.396. The van der Waals surface area contributed by atoms with Gasteiger partial charge in [-0.25, -0.2) is 4.98 Å². The van der Waals surface area contributed by atoms with Gasteiger partial charge in [0.05, 0.1) is 28.3 Å². The summed E-state index contributed by atoms with van der Waals surface area (Å²) in [7, 11) is 5.11. The van der Waals surface area contributed by atoms with Crippen LogP contribution < -0.4 is 26.0 Å². The molecule has 12 heteroatoms. The third kappa shape index (κ3) is 6.69. The Labute approximate surface area is 261 Å². The van der Waals surface area contributed by atoms with Gasteiger partial charge < -0.3 is 31.0 Å². The number of rotatable bonds is 10. The highest BCUT2D eigenvalue weighted by Gasteiger charge is 2.20. The van der Waals surface area contributed by atoms with Crippen LogP contribution in [0.2, 0.25) is 0 Å². The highest BCUT2D eigenvalue weighted by atomic mass is 79.9. The predicted octanol–water partition coefficient (Wildman–Crippen LogP) is 5.97. The minimum Gasteiger partial charge on any atom is -0.495 e. The monoisotopic (exact) mass is 659 g/mol. The third-order valence-electron chi connectivity index (χ3n) is 7.17. The quantitative estimate of drug-likeness (QED) is 0.120. The molecule has 43 heavy (non-hydrogen) atoms. The Kier molecular flexibility index (Phi) is 9.65. The number of aromatic nitrogens is 4. The van der Waals surface area contributed by atoms with Gasteiger partial charge in [0.2, 0.25) is 5.95 Å². The summed E-state index contributed by atoms with van der Waals surface area (Å²) < 4.78 is 6.57. The maximum absolute atomic E-state index is 8.13. The van der Waals surface area contributed by atoms with Crippen molar-refractivity contribution in [2.24, 2.45) is 0 Å². The van der Waals surface area contributed by atoms with E-state index in [4.69, 9.17) is 15.1 Å². The number of allylic oxidation sites excluding steroid dienone is 1. The van der Waals surface area contributed by atoms with Crippen LogP contribution in [0.5, 0.6) is 5.75 Å². The molecule has 0 bridgehead atoms. The van der Waals surface area contributed by atoms with Crippen molar-refractivity contribution in [3.8, 4) is 5.75 Å². The molecule has 5 rings (SSSR count). The Balaban J connectivity index is 1.54. The normalized spacial score (nSPS) is 14.0. The average Bonchev–Trinajstić information content (AvgIpc) is 3.01. The van der Waals surface area contributed by atoms with E-state index in [0.717, 1.165) is 62.7 Å². The number of anilines is 4. The first kappa shape index (κ1) is 30.5. The summed E-state index contributed by atoms with van der Waals surface area (Å²) in [6, 6.07) is 8.03. The molecular formula is C31H35BrN9OP. The van der Waals surface area contributed by atoms with Gasteiger partial charge >= 0.3 is 0 Å². The second-order valence-electron chi connectivity index (χ2n) is 10.3. The molecule has 10 nitrogen and oxygen atoms in total. The highest BCUT2D eigenvalue weighted by Crippen LogP contribution is 2.39. The van der Waals surface area contributed by atoms with Crippen LogP contribution in [0.4, 0.5) is 23.1 Å². The third-order valence-corrected chi connectivity index (χ3v) is 9.10. The zero-order chi connectivity index (χ0) is 30.5. The molecule has 0 saturated carbocycles. The van der Waals surface area contributed by atoms with Crippen LogP contribution in [0.15, 0.2) is 59.6 Å². The number of halogens is 1. The predicted molar refractivity (Wildman–Crippen MR) is 183 cm³/mol. The molecule has 2 aromatic heterocycles. The number of nitrogens with one attached hydrogen (secondary N) is 4. The van der Waals surface area contributed by atoms with Gasteiger partial charge in [-0.15, -0.1) is 0 Å². The van der Waals surface area contributed by atoms with E-state index in [1.165, 1.54) is 11.8 Å². The van der Waals surface area contributed by atoms with Gasteiger partial charge in [0, 0.05) is 67.7 Å². The molecule has 1 aliphatic rings. The van der Waals surface area contributed by atoms with E-state index in [0.29, 0.717) is 23.2 Å². The SMILES string of the molecule is CN/C=C(\C=N)c1cc(Nc2ncc(Br)c(Nc3ccc4nccnc4c3P(C)C)n2)c(OC)cc1C1=CCN(C)CC1. The van der Waals surface area contributed by atoms with Gasteiger partial charge in [-0.1, -0.05) is 14.0 Å². The maximum atomic E-state index is 8.13. The van der Waals surface area contributed by atoms with Crippen molar-refractivity contribution in [2.45, 2.75) is 6.42 Å². The van der Waals surface area contributed by atoms with Gasteiger partial charge in [0.15, 0.2) is 0 Å². The molecule has 4 N–H and O–H groups in total. The van der Waals surface area contributed by atoms with Crippen molar-refractivity contribution < 1.29 is 4.74 Å². The average molecular weight is 661 g/mol. The lowest BCUT2D eigenvalue weighted by atomic mass is 9.91. The van der Waals surface area contributed by atoms with E-state index in [-0.39, 0.29) is 0 Å². The largest absolute Gasteiger partial charge is 0.495 e. The van der Waals surface area contributed by atoms with Crippen molar-refractivity contribution in [1.82, 2.24) is 30.2 Å². The number of hydrogen-bond acceptors (Lipinski definition) is 10. The summed E-state index contributed by atoms with van der Waals surface area (Å²) in [5, 5.41) is 19.2. The number of ether oxygens (including phenoxy) is 1. The van der Waals surface area contributed by atoms with Crippen molar-refractivity contribution in [3.05, 3.63) is 70.7 Å². The van der Waals surface area contributed by atoms with Gasteiger partial charge in [-0.3, -0.25) is 9.97 Å². The van der Waals surface area contributed by atoms with Crippen LogP contribution in [0.1, 0.15) is 17.5 Å². The molecule has 4 aromatic rings. The van der Waals surface area contributed by atoms with E-state index in [1.54, 1.807) is 25.7 Å². The van der Waals surface area contributed by atoms with Crippen molar-refractivity contribution in [2.75, 3.05) is 58.3 Å². The van der Waals surface area contributed by atoms with Gasteiger partial charge in [-0.2, -0.15) is 4.98 Å². The second kappa shape index (κ2) is 13.6. The second-order valence-corrected chi connectivity index (χ2v) is 13.4. The highest BCUT2D eigenvalue weighted by molar-refractivity contribution is 9.10. The molecule has 3 heterocycles. The fourth-order valence-electron chi connectivity index (χ4n) is 5.06. The molecule has 2 aromatic carbocycles. The van der Waals surface area contributed by atoms with E-state index in [1.807, 2.05) is 37.5 Å². The van der Waals surface area contributed by atoms with Crippen LogP contribution in [0.25, 0.3) is 22.2 Å². The van der Waals surface area contributed by atoms with Crippen molar-refractivity contribution >= 4 is 80.7 Å². The van der Waals surface area contributed by atoms with E-state index in [2.05, 4.69) is 78.2 Å². The molecule has 222 valence electrons. The summed E-state index contributed by atoms with van der Waals surface area (Å²) in [6.07, 6.45) is 11.5. The number of hydrogen-bond donors (Lipinski definition) is 4. The fourth-order valence-corrected chi connectivity index (χ4v) is 6.56. The lowest BCUT2D eigenvalue weighted by Crippen LogP contribution is -2.24. The number of likely N-dealkylation sites (N-methyl/N-ethyl adjacent to an activating group) is 1. The Morgan fingerprint density at radius 3 is 2.63 bits per heavy atom. The maximum Gasteiger partial charge on any atom is 0.229 e. The lowest BCUT2D eigenvalue weighted by Gasteiger charge is -2.25. The molecule has 0 spiro atoms. The standard InChI is InChI=1S/C31H35BrN9OP/c1-34-17-20(16-33)21-14-26(27(42-3)15-22(21)19-8-12-41(2)13-9-19)39-31-37-18-23(32)30(40-31)38-25-7-6-24-28(29(25)43(4)5)36-11-10-35-24/h6-8,10-11,14-18,33-34H,9,12-13H2,1-5H3,(H2,37,38,39,40)/b20-17+,33-16?. The molecule has 1 aliphatic heterocycles. The summed E-state index contributed by atoms with van der Waals surface area (Å²) in [6.45, 7) is 6.24. The summed E-state index contributed by atoms with van der Waals surface area (Å²) in [4.78, 5) is 20.7.